The maximum absolute atomic E-state index is 13.3. The highest BCUT2D eigenvalue weighted by Gasteiger charge is 2.32. The highest BCUT2D eigenvalue weighted by Crippen LogP contribution is 2.22. The maximum Gasteiger partial charge on any atom is 0.237 e. The number of carbonyl (C=O) groups excluding carboxylic acids is 2. The molecule has 0 spiro atoms. The predicted octanol–water partition coefficient (Wildman–Crippen LogP) is 0.960. The average molecular weight is 427 g/mol. The number of halogens is 2. The van der Waals surface area contributed by atoms with Gasteiger partial charge in [-0.05, 0) is 17.7 Å². The molecule has 29 heavy (non-hydrogen) atoms. The largest absolute Gasteiger partial charge is 0.379 e. The molecule has 2 saturated heterocycles. The van der Waals surface area contributed by atoms with Gasteiger partial charge in [-0.15, -0.1) is 0 Å². The van der Waals surface area contributed by atoms with Crippen molar-refractivity contribution in [3.63, 3.8) is 0 Å². The fourth-order valence-electron chi connectivity index (χ4n) is 3.60. The Hall–Kier alpha value is -1.74. The van der Waals surface area contributed by atoms with E-state index in [9.17, 15) is 14.0 Å². The fraction of sp³-hybridized carbons (Fsp3) is 0.600. The van der Waals surface area contributed by atoms with Crippen LogP contribution in [0.15, 0.2) is 18.2 Å². The van der Waals surface area contributed by atoms with Gasteiger partial charge in [-0.1, -0.05) is 17.7 Å². The molecule has 0 bridgehead atoms. The van der Waals surface area contributed by atoms with Crippen LogP contribution in [0.3, 0.4) is 0 Å². The van der Waals surface area contributed by atoms with Gasteiger partial charge in [0.15, 0.2) is 0 Å². The standard InChI is InChI=1S/C20H28ClFN4O3/c1-24(6-7-25-8-10-29-11-9-25)19(27)13-18-20(28)23-4-5-26(18)14-15-2-3-16(22)12-17(15)21/h2-3,12,18H,4-11,13-14H2,1H3,(H,23,28)/t18-/m1/s1. The van der Waals surface area contributed by atoms with Crippen molar-refractivity contribution in [3.8, 4) is 0 Å². The van der Waals surface area contributed by atoms with Crippen LogP contribution >= 0.6 is 11.6 Å². The molecule has 160 valence electrons. The molecule has 9 heteroatoms. The van der Waals surface area contributed by atoms with Gasteiger partial charge in [-0.3, -0.25) is 19.4 Å². The Morgan fingerprint density at radius 2 is 2.10 bits per heavy atom. The second-order valence-corrected chi connectivity index (χ2v) is 7.89. The van der Waals surface area contributed by atoms with Gasteiger partial charge >= 0.3 is 0 Å². The SMILES string of the molecule is CN(CCN1CCOCC1)C(=O)C[C@@H]1C(=O)NCCN1Cc1ccc(F)cc1Cl. The first kappa shape index (κ1) is 22.0. The molecule has 3 rings (SSSR count). The molecule has 0 radical (unpaired) electrons. The lowest BCUT2D eigenvalue weighted by Crippen LogP contribution is -2.56. The molecule has 1 N–H and O–H groups in total. The summed E-state index contributed by atoms with van der Waals surface area (Å²) in [7, 11) is 1.77. The lowest BCUT2D eigenvalue weighted by molar-refractivity contribution is -0.138. The lowest BCUT2D eigenvalue weighted by Gasteiger charge is -2.36. The first-order valence-electron chi connectivity index (χ1n) is 9.94. The van der Waals surface area contributed by atoms with Crippen molar-refractivity contribution in [1.29, 1.82) is 0 Å². The summed E-state index contributed by atoms with van der Waals surface area (Å²) in [4.78, 5) is 31.1. The fourth-order valence-corrected chi connectivity index (χ4v) is 3.83. The van der Waals surface area contributed by atoms with E-state index in [1.54, 1.807) is 18.0 Å². The van der Waals surface area contributed by atoms with Gasteiger partial charge in [0.2, 0.25) is 11.8 Å². The number of ether oxygens (including phenoxy) is 1. The highest BCUT2D eigenvalue weighted by atomic mass is 35.5. The molecule has 2 heterocycles. The number of nitrogens with zero attached hydrogens (tertiary/aromatic N) is 3. The number of morpholine rings is 1. The Bertz CT molecular complexity index is 730. The summed E-state index contributed by atoms with van der Waals surface area (Å²) in [6, 6.07) is 3.67. The third-order valence-electron chi connectivity index (χ3n) is 5.48. The maximum atomic E-state index is 13.3. The van der Waals surface area contributed by atoms with E-state index >= 15 is 0 Å². The van der Waals surface area contributed by atoms with Crippen molar-refractivity contribution in [2.45, 2.75) is 19.0 Å². The molecule has 1 aromatic rings. The van der Waals surface area contributed by atoms with Gasteiger partial charge in [0.1, 0.15) is 5.82 Å². The molecular formula is C20H28ClFN4O3. The van der Waals surface area contributed by atoms with E-state index in [0.717, 1.165) is 38.4 Å². The van der Waals surface area contributed by atoms with Gasteiger partial charge < -0.3 is 15.0 Å². The van der Waals surface area contributed by atoms with E-state index in [2.05, 4.69) is 10.2 Å². The van der Waals surface area contributed by atoms with Gasteiger partial charge in [-0.2, -0.15) is 0 Å². The number of carbonyl (C=O) groups is 2. The van der Waals surface area contributed by atoms with Crippen LogP contribution in [0.25, 0.3) is 0 Å². The quantitative estimate of drug-likeness (QED) is 0.703. The average Bonchev–Trinajstić information content (AvgIpc) is 2.71. The van der Waals surface area contributed by atoms with Crippen LogP contribution in [0.1, 0.15) is 12.0 Å². The molecule has 7 nitrogen and oxygen atoms in total. The normalized spacial score (nSPS) is 21.1. The number of piperazine rings is 1. The molecule has 1 aromatic carbocycles. The molecule has 2 fully saturated rings. The zero-order chi connectivity index (χ0) is 20.8. The summed E-state index contributed by atoms with van der Waals surface area (Å²) < 4.78 is 18.6. The van der Waals surface area contributed by atoms with E-state index in [4.69, 9.17) is 16.3 Å². The van der Waals surface area contributed by atoms with Crippen LogP contribution in [0.5, 0.6) is 0 Å². The predicted molar refractivity (Wildman–Crippen MR) is 108 cm³/mol. The van der Waals surface area contributed by atoms with E-state index in [1.807, 2.05) is 4.90 Å². The smallest absolute Gasteiger partial charge is 0.237 e. The number of benzene rings is 1. The molecule has 0 unspecified atom stereocenters. The van der Waals surface area contributed by atoms with Crippen molar-refractivity contribution >= 4 is 23.4 Å². The molecule has 0 aliphatic carbocycles. The third kappa shape index (κ3) is 6.12. The molecule has 2 aliphatic heterocycles. The van der Waals surface area contributed by atoms with Crippen LogP contribution in [0.2, 0.25) is 5.02 Å². The topological polar surface area (TPSA) is 65.1 Å². The van der Waals surface area contributed by atoms with Crippen LogP contribution in [0, 0.1) is 5.82 Å². The number of nitrogens with one attached hydrogen (secondary N) is 1. The zero-order valence-electron chi connectivity index (χ0n) is 16.7. The Balaban J connectivity index is 1.57. The number of rotatable bonds is 7. The van der Waals surface area contributed by atoms with Gasteiger partial charge in [0.25, 0.3) is 0 Å². The molecule has 0 aromatic heterocycles. The van der Waals surface area contributed by atoms with Gasteiger partial charge in [-0.25, -0.2) is 4.39 Å². The van der Waals surface area contributed by atoms with Crippen molar-refractivity contribution in [3.05, 3.63) is 34.6 Å². The third-order valence-corrected chi connectivity index (χ3v) is 5.83. The second-order valence-electron chi connectivity index (χ2n) is 7.49. The highest BCUT2D eigenvalue weighted by molar-refractivity contribution is 6.31. The first-order chi connectivity index (χ1) is 13.9. The molecule has 2 amide bonds. The minimum atomic E-state index is -0.566. The van der Waals surface area contributed by atoms with Crippen molar-refractivity contribution < 1.29 is 18.7 Å². The van der Waals surface area contributed by atoms with E-state index in [0.29, 0.717) is 31.2 Å². The van der Waals surface area contributed by atoms with Crippen LogP contribution in [-0.4, -0.2) is 92.1 Å². The minimum Gasteiger partial charge on any atom is -0.379 e. The van der Waals surface area contributed by atoms with Crippen molar-refractivity contribution in [1.82, 2.24) is 20.0 Å². The van der Waals surface area contributed by atoms with E-state index in [-0.39, 0.29) is 18.2 Å². The summed E-state index contributed by atoms with van der Waals surface area (Å²) >= 11 is 6.15. The van der Waals surface area contributed by atoms with E-state index < -0.39 is 11.9 Å². The van der Waals surface area contributed by atoms with E-state index in [1.165, 1.54) is 12.1 Å². The Labute approximate surface area is 175 Å². The number of hydrogen-bond acceptors (Lipinski definition) is 5. The van der Waals surface area contributed by atoms with Gasteiger partial charge in [0.05, 0.1) is 25.7 Å². The number of likely N-dealkylation sites (N-methyl/N-ethyl adjacent to an activating group) is 1. The van der Waals surface area contributed by atoms with Crippen molar-refractivity contribution in [2.75, 3.05) is 59.5 Å². The van der Waals surface area contributed by atoms with Crippen LogP contribution in [-0.2, 0) is 20.9 Å². The summed E-state index contributed by atoms with van der Waals surface area (Å²) in [5, 5.41) is 3.16. The first-order valence-corrected chi connectivity index (χ1v) is 10.3. The molecular weight excluding hydrogens is 399 g/mol. The summed E-state index contributed by atoms with van der Waals surface area (Å²) in [5.41, 5.74) is 0.737. The monoisotopic (exact) mass is 426 g/mol. The van der Waals surface area contributed by atoms with Crippen LogP contribution < -0.4 is 5.32 Å². The molecule has 1 atom stereocenters. The summed E-state index contributed by atoms with van der Waals surface area (Å²) in [6.07, 6.45) is 0.101. The Morgan fingerprint density at radius 1 is 1.34 bits per heavy atom. The van der Waals surface area contributed by atoms with Crippen molar-refractivity contribution in [2.24, 2.45) is 0 Å². The minimum absolute atomic E-state index is 0.0736. The Morgan fingerprint density at radius 3 is 2.83 bits per heavy atom. The number of hydrogen-bond donors (Lipinski definition) is 1. The van der Waals surface area contributed by atoms with Gasteiger partial charge in [0, 0.05) is 57.9 Å². The summed E-state index contributed by atoms with van der Waals surface area (Å²) in [6.45, 7) is 6.10. The zero-order valence-corrected chi connectivity index (χ0v) is 17.5. The molecule has 2 aliphatic rings. The number of amides is 2. The lowest BCUT2D eigenvalue weighted by atomic mass is 10.1. The second kappa shape index (κ2) is 10.3. The summed E-state index contributed by atoms with van der Waals surface area (Å²) in [5.74, 6) is -0.635. The Kier molecular flexibility index (Phi) is 7.83. The van der Waals surface area contributed by atoms with Crippen LogP contribution in [0.4, 0.5) is 4.39 Å². The molecule has 0 saturated carbocycles.